The van der Waals surface area contributed by atoms with Gasteiger partial charge in [-0.2, -0.15) is 0 Å². The van der Waals surface area contributed by atoms with Gasteiger partial charge in [0.05, 0.1) is 15.9 Å². The number of nitrogens with zero attached hydrogens (tertiary/aromatic N) is 1. The summed E-state index contributed by atoms with van der Waals surface area (Å²) in [5.74, 6) is -0.260. The molecule has 7 heteroatoms. The van der Waals surface area contributed by atoms with Crippen LogP contribution in [0, 0.1) is 3.57 Å². The fraction of sp³-hybridized carbons (Fsp3) is 0. The maximum Gasteiger partial charge on any atom is 0.257 e. The Morgan fingerprint density at radius 3 is 2.32 bits per heavy atom. The van der Waals surface area contributed by atoms with Crippen molar-refractivity contribution in [1.29, 1.82) is 0 Å². The van der Waals surface area contributed by atoms with Crippen LogP contribution in [0.3, 0.4) is 0 Å². The third-order valence-corrected chi connectivity index (χ3v) is 7.18. The minimum atomic E-state index is -0.260. The number of thiazole rings is 1. The molecular formula is C27H18IN3OS2. The minimum Gasteiger partial charge on any atom is -0.332 e. The standard InChI is InChI=1S/C27H18IN3OS2/c28-20-14-15-22(21(16-20)26-29-23-8-4-5-9-24(23)34-26)30-27(33)31-25(32)19-12-10-18(11-13-19)17-6-2-1-3-7-17/h1-16H,(H2,30,31,32,33). The zero-order valence-corrected chi connectivity index (χ0v) is 21.6. The van der Waals surface area contributed by atoms with Gasteiger partial charge >= 0.3 is 0 Å². The normalized spacial score (nSPS) is 10.7. The Balaban J connectivity index is 1.32. The third-order valence-electron chi connectivity index (χ3n) is 5.24. The molecule has 4 nitrogen and oxygen atoms in total. The Morgan fingerprint density at radius 1 is 0.853 bits per heavy atom. The zero-order chi connectivity index (χ0) is 23.5. The first-order chi connectivity index (χ1) is 16.6. The number of benzene rings is 4. The fourth-order valence-electron chi connectivity index (χ4n) is 3.56. The van der Waals surface area contributed by atoms with Crippen LogP contribution < -0.4 is 10.6 Å². The smallest absolute Gasteiger partial charge is 0.257 e. The monoisotopic (exact) mass is 591 g/mol. The maximum absolute atomic E-state index is 12.8. The topological polar surface area (TPSA) is 54.0 Å². The number of aromatic nitrogens is 1. The third kappa shape index (κ3) is 5.01. The van der Waals surface area contributed by atoms with Crippen molar-refractivity contribution >= 4 is 73.1 Å². The molecule has 1 heterocycles. The Hall–Kier alpha value is -3.14. The Labute approximate surface area is 220 Å². The number of carbonyl (C=O) groups excluding carboxylic acids is 1. The van der Waals surface area contributed by atoms with Crippen LogP contribution in [0.4, 0.5) is 5.69 Å². The maximum atomic E-state index is 12.8. The van der Waals surface area contributed by atoms with Crippen molar-refractivity contribution in [2.24, 2.45) is 0 Å². The van der Waals surface area contributed by atoms with Crippen molar-refractivity contribution in [3.05, 3.63) is 106 Å². The van der Waals surface area contributed by atoms with Crippen LogP contribution in [0.15, 0.2) is 97.1 Å². The summed E-state index contributed by atoms with van der Waals surface area (Å²) < 4.78 is 2.21. The number of para-hydroxylation sites is 1. The molecule has 166 valence electrons. The molecule has 0 saturated carbocycles. The number of hydrogen-bond donors (Lipinski definition) is 2. The summed E-state index contributed by atoms with van der Waals surface area (Å²) >= 11 is 9.37. The number of carbonyl (C=O) groups is 1. The fourth-order valence-corrected chi connectivity index (χ4v) is 5.25. The molecule has 34 heavy (non-hydrogen) atoms. The average molecular weight is 591 g/mol. The van der Waals surface area contributed by atoms with E-state index >= 15 is 0 Å². The minimum absolute atomic E-state index is 0.237. The quantitative estimate of drug-likeness (QED) is 0.169. The highest BCUT2D eigenvalue weighted by Crippen LogP contribution is 2.35. The molecule has 0 radical (unpaired) electrons. The molecule has 5 aromatic rings. The largest absolute Gasteiger partial charge is 0.332 e. The van der Waals surface area contributed by atoms with Gasteiger partial charge in [-0.05, 0) is 88.4 Å². The van der Waals surface area contributed by atoms with Gasteiger partial charge in [0.25, 0.3) is 5.91 Å². The van der Waals surface area contributed by atoms with E-state index in [4.69, 9.17) is 17.2 Å². The summed E-state index contributed by atoms with van der Waals surface area (Å²) in [5, 5.41) is 7.10. The SMILES string of the molecule is O=C(NC(=S)Nc1ccc(I)cc1-c1nc2ccccc2s1)c1ccc(-c2ccccc2)cc1. The van der Waals surface area contributed by atoms with Crippen LogP contribution in [0.1, 0.15) is 10.4 Å². The first-order valence-corrected chi connectivity index (χ1v) is 12.8. The summed E-state index contributed by atoms with van der Waals surface area (Å²) in [7, 11) is 0. The van der Waals surface area contributed by atoms with Crippen molar-refractivity contribution in [1.82, 2.24) is 10.3 Å². The van der Waals surface area contributed by atoms with Crippen LogP contribution in [0.2, 0.25) is 0 Å². The first-order valence-electron chi connectivity index (χ1n) is 10.5. The molecule has 0 atom stereocenters. The van der Waals surface area contributed by atoms with E-state index in [1.54, 1.807) is 23.5 Å². The molecule has 0 aliphatic carbocycles. The van der Waals surface area contributed by atoms with Gasteiger partial charge in [0.2, 0.25) is 0 Å². The average Bonchev–Trinajstić information content (AvgIpc) is 3.30. The second kappa shape index (κ2) is 10.0. The van der Waals surface area contributed by atoms with Gasteiger partial charge in [0, 0.05) is 14.7 Å². The van der Waals surface area contributed by atoms with E-state index in [2.05, 4.69) is 45.4 Å². The van der Waals surface area contributed by atoms with Gasteiger partial charge in [0.15, 0.2) is 5.11 Å². The summed E-state index contributed by atoms with van der Waals surface area (Å²) in [6, 6.07) is 31.6. The summed E-state index contributed by atoms with van der Waals surface area (Å²) in [6.07, 6.45) is 0. The van der Waals surface area contributed by atoms with Gasteiger partial charge in [-0.3, -0.25) is 10.1 Å². The van der Waals surface area contributed by atoms with Crippen LogP contribution in [-0.4, -0.2) is 16.0 Å². The zero-order valence-electron chi connectivity index (χ0n) is 17.8. The van der Waals surface area contributed by atoms with Crippen molar-refractivity contribution in [2.45, 2.75) is 0 Å². The molecule has 0 unspecified atom stereocenters. The summed E-state index contributed by atoms with van der Waals surface area (Å²) in [4.78, 5) is 17.5. The van der Waals surface area contributed by atoms with Crippen LogP contribution >= 0.6 is 46.1 Å². The molecular weight excluding hydrogens is 573 g/mol. The molecule has 4 aromatic carbocycles. The molecule has 0 bridgehead atoms. The number of fused-ring (bicyclic) bond motifs is 1. The Morgan fingerprint density at radius 2 is 1.56 bits per heavy atom. The number of thiocarbonyl (C=S) groups is 1. The predicted molar refractivity (Wildman–Crippen MR) is 153 cm³/mol. The van der Waals surface area contributed by atoms with E-state index in [-0.39, 0.29) is 11.0 Å². The van der Waals surface area contributed by atoms with E-state index in [9.17, 15) is 4.79 Å². The van der Waals surface area contributed by atoms with Crippen LogP contribution in [-0.2, 0) is 0 Å². The molecule has 0 saturated heterocycles. The lowest BCUT2D eigenvalue weighted by molar-refractivity contribution is 0.0978. The van der Waals surface area contributed by atoms with Gasteiger partial charge in [-0.15, -0.1) is 11.3 Å². The van der Waals surface area contributed by atoms with Crippen molar-refractivity contribution in [3.8, 4) is 21.7 Å². The summed E-state index contributed by atoms with van der Waals surface area (Å²) in [6.45, 7) is 0. The molecule has 1 aromatic heterocycles. The van der Waals surface area contributed by atoms with Gasteiger partial charge < -0.3 is 5.32 Å². The lowest BCUT2D eigenvalue weighted by atomic mass is 10.0. The highest BCUT2D eigenvalue weighted by molar-refractivity contribution is 14.1. The number of anilines is 1. The number of halogens is 1. The van der Waals surface area contributed by atoms with Crippen molar-refractivity contribution in [2.75, 3.05) is 5.32 Å². The lowest BCUT2D eigenvalue weighted by Crippen LogP contribution is -2.34. The molecule has 0 aliphatic heterocycles. The van der Waals surface area contributed by atoms with E-state index in [1.807, 2.05) is 72.8 Å². The Bertz CT molecular complexity index is 1460. The van der Waals surface area contributed by atoms with Crippen LogP contribution in [0.5, 0.6) is 0 Å². The van der Waals surface area contributed by atoms with Crippen molar-refractivity contribution < 1.29 is 4.79 Å². The number of nitrogens with one attached hydrogen (secondary N) is 2. The van der Waals surface area contributed by atoms with E-state index in [0.717, 1.165) is 41.2 Å². The highest BCUT2D eigenvalue weighted by Gasteiger charge is 2.14. The molecule has 5 rings (SSSR count). The molecule has 1 amide bonds. The molecule has 0 aliphatic rings. The van der Waals surface area contributed by atoms with Gasteiger partial charge in [0.1, 0.15) is 5.01 Å². The Kier molecular flexibility index (Phi) is 6.66. The molecule has 0 spiro atoms. The number of rotatable bonds is 4. The number of hydrogen-bond acceptors (Lipinski definition) is 4. The second-order valence-corrected chi connectivity index (χ2v) is 10.2. The molecule has 0 fully saturated rings. The second-order valence-electron chi connectivity index (χ2n) is 7.53. The summed E-state index contributed by atoms with van der Waals surface area (Å²) in [5.41, 5.74) is 5.39. The van der Waals surface area contributed by atoms with Gasteiger partial charge in [-0.1, -0.05) is 54.6 Å². The lowest BCUT2D eigenvalue weighted by Gasteiger charge is -2.13. The van der Waals surface area contributed by atoms with Gasteiger partial charge in [-0.25, -0.2) is 4.98 Å². The van der Waals surface area contributed by atoms with E-state index in [0.29, 0.717) is 5.56 Å². The number of amides is 1. The predicted octanol–water partition coefficient (Wildman–Crippen LogP) is 7.36. The first kappa shape index (κ1) is 22.6. The van der Waals surface area contributed by atoms with Crippen LogP contribution in [0.25, 0.3) is 31.9 Å². The van der Waals surface area contributed by atoms with E-state index < -0.39 is 0 Å². The van der Waals surface area contributed by atoms with Crippen molar-refractivity contribution in [3.63, 3.8) is 0 Å². The highest BCUT2D eigenvalue weighted by atomic mass is 127. The van der Waals surface area contributed by atoms with E-state index in [1.165, 1.54) is 0 Å². The molecule has 2 N–H and O–H groups in total.